The molecule has 0 saturated carbocycles. The SMILES string of the molecule is CCNC(Cc1cc(Br)cc2c1OCC2)c1cnns1. The topological polar surface area (TPSA) is 47.0 Å². The molecule has 0 spiro atoms. The monoisotopic (exact) mass is 353 g/mol. The quantitative estimate of drug-likeness (QED) is 0.896. The van der Waals surface area contributed by atoms with Crippen molar-refractivity contribution in [2.75, 3.05) is 13.2 Å². The van der Waals surface area contributed by atoms with E-state index in [1.54, 1.807) is 0 Å². The van der Waals surface area contributed by atoms with Gasteiger partial charge in [0.2, 0.25) is 0 Å². The normalized spacial score (nSPS) is 14.9. The lowest BCUT2D eigenvalue weighted by molar-refractivity contribution is 0.351. The molecule has 0 aliphatic carbocycles. The van der Waals surface area contributed by atoms with E-state index in [0.717, 1.165) is 36.2 Å². The van der Waals surface area contributed by atoms with E-state index in [4.69, 9.17) is 4.74 Å². The van der Waals surface area contributed by atoms with Gasteiger partial charge in [-0.15, -0.1) is 5.10 Å². The first-order valence-corrected chi connectivity index (χ1v) is 8.29. The number of hydrogen-bond acceptors (Lipinski definition) is 5. The van der Waals surface area contributed by atoms with E-state index in [9.17, 15) is 0 Å². The van der Waals surface area contributed by atoms with Crippen LogP contribution < -0.4 is 10.1 Å². The molecule has 20 heavy (non-hydrogen) atoms. The number of benzene rings is 1. The van der Waals surface area contributed by atoms with Crippen LogP contribution in [0.2, 0.25) is 0 Å². The van der Waals surface area contributed by atoms with Crippen molar-refractivity contribution in [1.29, 1.82) is 0 Å². The van der Waals surface area contributed by atoms with Crippen molar-refractivity contribution in [2.45, 2.75) is 25.8 Å². The molecule has 6 heteroatoms. The average Bonchev–Trinajstić information content (AvgIpc) is 3.08. The van der Waals surface area contributed by atoms with E-state index in [2.05, 4.69) is 49.9 Å². The van der Waals surface area contributed by atoms with Crippen molar-refractivity contribution in [3.63, 3.8) is 0 Å². The van der Waals surface area contributed by atoms with Crippen LogP contribution in [0.5, 0.6) is 5.75 Å². The Morgan fingerprint density at radius 3 is 3.15 bits per heavy atom. The Kier molecular flexibility index (Phi) is 4.33. The molecular weight excluding hydrogens is 338 g/mol. The van der Waals surface area contributed by atoms with Gasteiger partial charge in [0.1, 0.15) is 5.75 Å². The number of fused-ring (bicyclic) bond motifs is 1. The molecule has 1 unspecified atom stereocenters. The average molecular weight is 354 g/mol. The van der Waals surface area contributed by atoms with Crippen LogP contribution in [-0.4, -0.2) is 22.7 Å². The van der Waals surface area contributed by atoms with Gasteiger partial charge in [-0.05, 0) is 47.8 Å². The van der Waals surface area contributed by atoms with Crippen LogP contribution in [-0.2, 0) is 12.8 Å². The second-order valence-corrected chi connectivity index (χ2v) is 6.52. The standard InChI is InChI=1S/C14H16BrN3OS/c1-2-16-12(13-8-17-18-20-13)7-10-6-11(15)5-9-3-4-19-14(9)10/h5-6,8,12,16H,2-4,7H2,1H3. The maximum Gasteiger partial charge on any atom is 0.125 e. The van der Waals surface area contributed by atoms with Crippen LogP contribution in [0, 0.1) is 0 Å². The van der Waals surface area contributed by atoms with E-state index >= 15 is 0 Å². The summed E-state index contributed by atoms with van der Waals surface area (Å²) >= 11 is 5.05. The molecular formula is C14H16BrN3OS. The summed E-state index contributed by atoms with van der Waals surface area (Å²) in [6.45, 7) is 3.82. The fourth-order valence-electron chi connectivity index (χ4n) is 2.57. The minimum Gasteiger partial charge on any atom is -0.493 e. The van der Waals surface area contributed by atoms with Crippen molar-refractivity contribution in [1.82, 2.24) is 14.9 Å². The fraction of sp³-hybridized carbons (Fsp3) is 0.429. The molecule has 0 saturated heterocycles. The molecule has 1 aliphatic heterocycles. The van der Waals surface area contributed by atoms with Gasteiger partial charge >= 0.3 is 0 Å². The molecule has 0 amide bonds. The third kappa shape index (κ3) is 2.87. The summed E-state index contributed by atoms with van der Waals surface area (Å²) in [5, 5.41) is 7.45. The summed E-state index contributed by atoms with van der Waals surface area (Å²) < 4.78 is 10.9. The van der Waals surface area contributed by atoms with Crippen molar-refractivity contribution in [3.05, 3.63) is 38.8 Å². The van der Waals surface area contributed by atoms with Crippen LogP contribution in [0.3, 0.4) is 0 Å². The van der Waals surface area contributed by atoms with E-state index < -0.39 is 0 Å². The third-order valence-corrected chi connectivity index (χ3v) is 4.66. The first-order chi connectivity index (χ1) is 9.78. The molecule has 2 aromatic rings. The van der Waals surface area contributed by atoms with Crippen molar-refractivity contribution < 1.29 is 4.74 Å². The lowest BCUT2D eigenvalue weighted by atomic mass is 10.0. The van der Waals surface area contributed by atoms with Gasteiger partial charge in [-0.1, -0.05) is 27.3 Å². The van der Waals surface area contributed by atoms with Gasteiger partial charge in [-0.2, -0.15) is 0 Å². The van der Waals surface area contributed by atoms with Gasteiger partial charge in [0, 0.05) is 16.9 Å². The molecule has 0 radical (unpaired) electrons. The molecule has 1 N–H and O–H groups in total. The Labute approximate surface area is 130 Å². The first kappa shape index (κ1) is 14.0. The number of halogens is 1. The van der Waals surface area contributed by atoms with Crippen LogP contribution in [0.15, 0.2) is 22.8 Å². The summed E-state index contributed by atoms with van der Waals surface area (Å²) in [6.07, 6.45) is 3.73. The molecule has 1 aromatic heterocycles. The Morgan fingerprint density at radius 2 is 2.40 bits per heavy atom. The number of nitrogens with zero attached hydrogens (tertiary/aromatic N) is 2. The molecule has 0 bridgehead atoms. The Morgan fingerprint density at radius 1 is 1.50 bits per heavy atom. The maximum absolute atomic E-state index is 5.80. The number of likely N-dealkylation sites (N-methyl/N-ethyl adjacent to an activating group) is 1. The lowest BCUT2D eigenvalue weighted by Crippen LogP contribution is -2.22. The minimum absolute atomic E-state index is 0.239. The predicted molar refractivity (Wildman–Crippen MR) is 83.4 cm³/mol. The zero-order valence-electron chi connectivity index (χ0n) is 11.2. The Bertz CT molecular complexity index is 588. The van der Waals surface area contributed by atoms with Crippen LogP contribution in [0.25, 0.3) is 0 Å². The highest BCUT2D eigenvalue weighted by atomic mass is 79.9. The predicted octanol–water partition coefficient (Wildman–Crippen LogP) is 3.13. The summed E-state index contributed by atoms with van der Waals surface area (Å²) in [5.74, 6) is 1.06. The summed E-state index contributed by atoms with van der Waals surface area (Å²) in [7, 11) is 0. The van der Waals surface area contributed by atoms with Crippen LogP contribution >= 0.6 is 27.5 Å². The van der Waals surface area contributed by atoms with Crippen LogP contribution in [0.1, 0.15) is 29.0 Å². The molecule has 0 fully saturated rings. The number of aromatic nitrogens is 2. The molecule has 2 heterocycles. The molecule has 1 aliphatic rings. The third-order valence-electron chi connectivity index (χ3n) is 3.42. The van der Waals surface area contributed by atoms with Gasteiger partial charge in [0.15, 0.2) is 0 Å². The first-order valence-electron chi connectivity index (χ1n) is 6.72. The summed E-state index contributed by atoms with van der Waals surface area (Å²) in [5.41, 5.74) is 2.54. The molecule has 3 rings (SSSR count). The minimum atomic E-state index is 0.239. The van der Waals surface area contributed by atoms with Crippen molar-refractivity contribution in [3.8, 4) is 5.75 Å². The number of rotatable bonds is 5. The van der Waals surface area contributed by atoms with E-state index in [1.807, 2.05) is 6.20 Å². The van der Waals surface area contributed by atoms with Gasteiger partial charge in [0.05, 0.1) is 17.7 Å². The van der Waals surface area contributed by atoms with Gasteiger partial charge in [0.25, 0.3) is 0 Å². The number of hydrogen-bond donors (Lipinski definition) is 1. The highest BCUT2D eigenvalue weighted by molar-refractivity contribution is 9.10. The lowest BCUT2D eigenvalue weighted by Gasteiger charge is -2.17. The van der Waals surface area contributed by atoms with Gasteiger partial charge in [-0.3, -0.25) is 0 Å². The molecule has 1 atom stereocenters. The number of ether oxygens (including phenoxy) is 1. The highest BCUT2D eigenvalue weighted by Gasteiger charge is 2.21. The fourth-order valence-corrected chi connectivity index (χ4v) is 3.70. The second kappa shape index (κ2) is 6.20. The molecule has 106 valence electrons. The maximum atomic E-state index is 5.80. The summed E-state index contributed by atoms with van der Waals surface area (Å²) in [4.78, 5) is 1.17. The van der Waals surface area contributed by atoms with E-state index in [1.165, 1.54) is 27.5 Å². The molecule has 1 aromatic carbocycles. The second-order valence-electron chi connectivity index (χ2n) is 4.79. The van der Waals surface area contributed by atoms with Gasteiger partial charge < -0.3 is 10.1 Å². The van der Waals surface area contributed by atoms with Crippen molar-refractivity contribution in [2.24, 2.45) is 0 Å². The zero-order valence-corrected chi connectivity index (χ0v) is 13.6. The Hall–Kier alpha value is -0.980. The Balaban J connectivity index is 1.89. The smallest absolute Gasteiger partial charge is 0.125 e. The highest BCUT2D eigenvalue weighted by Crippen LogP contribution is 2.35. The molecule has 4 nitrogen and oxygen atoms in total. The van der Waals surface area contributed by atoms with E-state index in [-0.39, 0.29) is 6.04 Å². The number of nitrogens with one attached hydrogen (secondary N) is 1. The van der Waals surface area contributed by atoms with Crippen LogP contribution in [0.4, 0.5) is 0 Å². The summed E-state index contributed by atoms with van der Waals surface area (Å²) in [6, 6.07) is 4.55. The van der Waals surface area contributed by atoms with E-state index in [0.29, 0.717) is 0 Å². The van der Waals surface area contributed by atoms with Crippen molar-refractivity contribution >= 4 is 27.5 Å². The largest absolute Gasteiger partial charge is 0.493 e. The van der Waals surface area contributed by atoms with Gasteiger partial charge in [-0.25, -0.2) is 0 Å². The zero-order chi connectivity index (χ0) is 13.9.